The zero-order chi connectivity index (χ0) is 17.4. The van der Waals surface area contributed by atoms with Gasteiger partial charge in [0.15, 0.2) is 15.0 Å². The summed E-state index contributed by atoms with van der Waals surface area (Å²) in [7, 11) is -3.28. The summed E-state index contributed by atoms with van der Waals surface area (Å²) in [4.78, 5) is 18.4. The van der Waals surface area contributed by atoms with Crippen molar-refractivity contribution in [3.63, 3.8) is 0 Å². The molecule has 0 unspecified atom stereocenters. The third-order valence-corrected chi connectivity index (χ3v) is 8.35. The van der Waals surface area contributed by atoms with Gasteiger partial charge in [-0.05, 0) is 56.4 Å². The SMILES string of the molecule is O=C(Nc1nc2c(s1)CCC2)c1ccc(S(=O)(=O)C2CCCC2)cc1. The number of rotatable bonds is 4. The molecule has 4 rings (SSSR count). The lowest BCUT2D eigenvalue weighted by Gasteiger charge is -2.11. The number of carbonyl (C=O) groups is 1. The molecule has 0 aliphatic heterocycles. The van der Waals surface area contributed by atoms with Gasteiger partial charge < -0.3 is 0 Å². The Kier molecular flexibility index (Phi) is 4.37. The van der Waals surface area contributed by atoms with Crippen molar-refractivity contribution in [2.75, 3.05) is 5.32 Å². The fourth-order valence-corrected chi connectivity index (χ4v) is 6.50. The van der Waals surface area contributed by atoms with Crippen LogP contribution in [0.3, 0.4) is 0 Å². The first-order valence-electron chi connectivity index (χ1n) is 8.68. The molecule has 1 aromatic carbocycles. The minimum Gasteiger partial charge on any atom is -0.298 e. The average molecular weight is 377 g/mol. The second kappa shape index (κ2) is 6.53. The van der Waals surface area contributed by atoms with Crippen LogP contribution in [0.2, 0.25) is 0 Å². The molecule has 2 aliphatic carbocycles. The molecule has 2 aromatic rings. The molecule has 1 aromatic heterocycles. The summed E-state index contributed by atoms with van der Waals surface area (Å²) in [5.74, 6) is -0.253. The van der Waals surface area contributed by atoms with Crippen molar-refractivity contribution in [2.45, 2.75) is 55.1 Å². The van der Waals surface area contributed by atoms with Crippen LogP contribution in [0.4, 0.5) is 5.13 Å². The number of fused-ring (bicyclic) bond motifs is 1. The number of hydrogen-bond donors (Lipinski definition) is 1. The minimum absolute atomic E-state index is 0.253. The first kappa shape index (κ1) is 16.7. The van der Waals surface area contributed by atoms with Gasteiger partial charge >= 0.3 is 0 Å². The smallest absolute Gasteiger partial charge is 0.257 e. The first-order valence-corrected chi connectivity index (χ1v) is 11.0. The van der Waals surface area contributed by atoms with E-state index in [2.05, 4.69) is 10.3 Å². The molecule has 25 heavy (non-hydrogen) atoms. The number of thiazole rings is 1. The Hall–Kier alpha value is -1.73. The molecule has 1 amide bonds. The third kappa shape index (κ3) is 3.22. The quantitative estimate of drug-likeness (QED) is 0.884. The zero-order valence-corrected chi connectivity index (χ0v) is 15.5. The van der Waals surface area contributed by atoms with Crippen molar-refractivity contribution >= 4 is 32.2 Å². The van der Waals surface area contributed by atoms with Crippen molar-refractivity contribution in [3.05, 3.63) is 40.4 Å². The topological polar surface area (TPSA) is 76.1 Å². The summed E-state index contributed by atoms with van der Waals surface area (Å²) in [5.41, 5.74) is 1.54. The number of aromatic nitrogens is 1. The van der Waals surface area contributed by atoms with Gasteiger partial charge in [-0.25, -0.2) is 13.4 Å². The minimum atomic E-state index is -3.28. The van der Waals surface area contributed by atoms with E-state index in [4.69, 9.17) is 0 Å². The van der Waals surface area contributed by atoms with Gasteiger partial charge in [-0.2, -0.15) is 0 Å². The molecule has 132 valence electrons. The molecule has 0 spiro atoms. The maximum Gasteiger partial charge on any atom is 0.257 e. The summed E-state index contributed by atoms with van der Waals surface area (Å²) in [6, 6.07) is 6.26. The maximum atomic E-state index is 12.6. The fourth-order valence-electron chi connectivity index (χ4n) is 3.60. The van der Waals surface area contributed by atoms with Gasteiger partial charge in [0.1, 0.15) is 0 Å². The van der Waals surface area contributed by atoms with E-state index in [1.807, 2.05) is 0 Å². The van der Waals surface area contributed by atoms with Gasteiger partial charge in [-0.3, -0.25) is 10.1 Å². The second-order valence-electron chi connectivity index (χ2n) is 6.67. The molecule has 7 heteroatoms. The molecule has 1 fully saturated rings. The fraction of sp³-hybridized carbons (Fsp3) is 0.444. The summed E-state index contributed by atoms with van der Waals surface area (Å²) in [5, 5.41) is 3.17. The number of aryl methyl sites for hydroxylation is 2. The Bertz CT molecular complexity index is 873. The van der Waals surface area contributed by atoms with E-state index in [0.29, 0.717) is 15.6 Å². The number of carbonyl (C=O) groups excluding carboxylic acids is 1. The predicted octanol–water partition coefficient (Wildman–Crippen LogP) is 3.60. The van der Waals surface area contributed by atoms with Gasteiger partial charge in [-0.1, -0.05) is 12.8 Å². The molecule has 1 heterocycles. The lowest BCUT2D eigenvalue weighted by atomic mass is 10.2. The van der Waals surface area contributed by atoms with Gasteiger partial charge in [0.05, 0.1) is 15.8 Å². The van der Waals surface area contributed by atoms with Gasteiger partial charge in [-0.15, -0.1) is 11.3 Å². The Morgan fingerprint density at radius 3 is 2.48 bits per heavy atom. The number of benzene rings is 1. The van der Waals surface area contributed by atoms with Crippen molar-refractivity contribution in [2.24, 2.45) is 0 Å². The summed E-state index contributed by atoms with van der Waals surface area (Å²) in [6.45, 7) is 0. The van der Waals surface area contributed by atoms with Gasteiger partial charge in [0.2, 0.25) is 0 Å². The molecule has 0 radical (unpaired) electrons. The van der Waals surface area contributed by atoms with Crippen LogP contribution >= 0.6 is 11.3 Å². The monoisotopic (exact) mass is 376 g/mol. The highest BCUT2D eigenvalue weighted by atomic mass is 32.2. The number of amides is 1. The van der Waals surface area contributed by atoms with Crippen LogP contribution in [0.15, 0.2) is 29.2 Å². The van der Waals surface area contributed by atoms with E-state index in [0.717, 1.165) is 50.6 Å². The Morgan fingerprint density at radius 2 is 1.80 bits per heavy atom. The van der Waals surface area contributed by atoms with Gasteiger partial charge in [0, 0.05) is 10.4 Å². The zero-order valence-electron chi connectivity index (χ0n) is 13.8. The van der Waals surface area contributed by atoms with E-state index < -0.39 is 9.84 Å². The summed E-state index contributed by atoms with van der Waals surface area (Å²) >= 11 is 1.53. The number of hydrogen-bond acceptors (Lipinski definition) is 5. The van der Waals surface area contributed by atoms with E-state index in [9.17, 15) is 13.2 Å². The highest BCUT2D eigenvalue weighted by Gasteiger charge is 2.30. The molecular formula is C18H20N2O3S2. The Morgan fingerprint density at radius 1 is 1.08 bits per heavy atom. The third-order valence-electron chi connectivity index (χ3n) is 5.00. The largest absolute Gasteiger partial charge is 0.298 e. The van der Waals surface area contributed by atoms with Crippen LogP contribution in [0.25, 0.3) is 0 Å². The lowest BCUT2D eigenvalue weighted by molar-refractivity contribution is 0.102. The van der Waals surface area contributed by atoms with Crippen LogP contribution in [0.5, 0.6) is 0 Å². The maximum absolute atomic E-state index is 12.6. The van der Waals surface area contributed by atoms with Crippen molar-refractivity contribution < 1.29 is 13.2 Å². The molecule has 2 aliphatic rings. The van der Waals surface area contributed by atoms with Gasteiger partial charge in [0.25, 0.3) is 5.91 Å². The Balaban J connectivity index is 1.48. The van der Waals surface area contributed by atoms with E-state index in [-0.39, 0.29) is 11.2 Å². The van der Waals surface area contributed by atoms with E-state index >= 15 is 0 Å². The summed E-state index contributed by atoms with van der Waals surface area (Å²) in [6.07, 6.45) is 6.58. The predicted molar refractivity (Wildman–Crippen MR) is 98.0 cm³/mol. The highest BCUT2D eigenvalue weighted by Crippen LogP contribution is 2.31. The number of nitrogens with one attached hydrogen (secondary N) is 1. The van der Waals surface area contributed by atoms with Crippen LogP contribution in [-0.4, -0.2) is 24.6 Å². The summed E-state index contributed by atoms with van der Waals surface area (Å²) < 4.78 is 25.2. The molecule has 5 nitrogen and oxygen atoms in total. The van der Waals surface area contributed by atoms with E-state index in [1.165, 1.54) is 16.2 Å². The first-order chi connectivity index (χ1) is 12.0. The van der Waals surface area contributed by atoms with Crippen LogP contribution in [0, 0.1) is 0 Å². The number of sulfone groups is 1. The van der Waals surface area contributed by atoms with Crippen molar-refractivity contribution in [3.8, 4) is 0 Å². The van der Waals surface area contributed by atoms with Crippen molar-refractivity contribution in [1.82, 2.24) is 4.98 Å². The molecule has 0 saturated heterocycles. The van der Waals surface area contributed by atoms with E-state index in [1.54, 1.807) is 24.3 Å². The van der Waals surface area contributed by atoms with Crippen LogP contribution in [0.1, 0.15) is 53.0 Å². The Labute approximate surface area is 151 Å². The molecule has 0 bridgehead atoms. The standard InChI is InChI=1S/C18H20N2O3S2/c21-17(20-18-19-15-6-3-7-16(15)24-18)12-8-10-14(11-9-12)25(22,23)13-4-1-2-5-13/h8-11,13H,1-7H2,(H,19,20,21). The average Bonchev–Trinajstić information content (AvgIpc) is 3.32. The highest BCUT2D eigenvalue weighted by molar-refractivity contribution is 7.92. The van der Waals surface area contributed by atoms with Crippen LogP contribution < -0.4 is 5.32 Å². The number of anilines is 1. The lowest BCUT2D eigenvalue weighted by Crippen LogP contribution is -2.18. The van der Waals surface area contributed by atoms with Crippen LogP contribution in [-0.2, 0) is 22.7 Å². The number of nitrogens with zero attached hydrogens (tertiary/aromatic N) is 1. The normalized spacial score (nSPS) is 17.6. The molecule has 1 N–H and O–H groups in total. The molecule has 0 atom stereocenters. The molecular weight excluding hydrogens is 356 g/mol. The van der Waals surface area contributed by atoms with Crippen molar-refractivity contribution in [1.29, 1.82) is 0 Å². The molecule has 1 saturated carbocycles. The second-order valence-corrected chi connectivity index (χ2v) is 9.98.